The van der Waals surface area contributed by atoms with E-state index in [2.05, 4.69) is 18.7 Å². The number of nitrogens with zero attached hydrogens (tertiary/aromatic N) is 1. The monoisotopic (exact) mass is 309 g/mol. The van der Waals surface area contributed by atoms with E-state index < -0.39 is 0 Å². The number of rotatable bonds is 7. The molecule has 2 aliphatic carbocycles. The maximum Gasteiger partial charge on any atom is 0.0900 e. The number of ether oxygens (including phenoxy) is 1. The van der Waals surface area contributed by atoms with E-state index in [1.807, 2.05) is 0 Å². The van der Waals surface area contributed by atoms with E-state index in [0.29, 0.717) is 18.7 Å². The normalized spacial score (nSPS) is 40.2. The largest absolute Gasteiger partial charge is 0.389 e. The molecule has 2 bridgehead atoms. The molecule has 2 saturated carbocycles. The summed E-state index contributed by atoms with van der Waals surface area (Å²) in [5.41, 5.74) is 0. The van der Waals surface area contributed by atoms with Crippen molar-refractivity contribution < 1.29 is 9.84 Å². The summed E-state index contributed by atoms with van der Waals surface area (Å²) in [7, 11) is 0. The summed E-state index contributed by atoms with van der Waals surface area (Å²) in [6.07, 6.45) is 10.6. The first-order valence-electron chi connectivity index (χ1n) is 9.65. The first kappa shape index (κ1) is 16.7. The second kappa shape index (κ2) is 7.63. The minimum Gasteiger partial charge on any atom is -0.389 e. The zero-order valence-electron chi connectivity index (χ0n) is 14.5. The smallest absolute Gasteiger partial charge is 0.0900 e. The van der Waals surface area contributed by atoms with Crippen molar-refractivity contribution in [2.24, 2.45) is 17.8 Å². The van der Waals surface area contributed by atoms with Gasteiger partial charge in [0.25, 0.3) is 0 Å². The van der Waals surface area contributed by atoms with Crippen LogP contribution in [0.2, 0.25) is 0 Å². The lowest BCUT2D eigenvalue weighted by Gasteiger charge is -2.40. The number of aliphatic hydroxyl groups excluding tert-OH is 1. The standard InChI is InChI=1S/C19H35NO2/c1-14-4-3-5-15(2)20(14)12-19(21)13-22-9-8-18-11-16-6-7-17(18)10-16/h14-19,21H,3-13H2,1-2H3/t14-,15+,16-,17-,18-,19-/m0/s1. The highest BCUT2D eigenvalue weighted by atomic mass is 16.5. The number of fused-ring (bicyclic) bond motifs is 2. The molecule has 6 atom stereocenters. The number of aliphatic hydroxyl groups is 1. The molecule has 0 spiro atoms. The van der Waals surface area contributed by atoms with Gasteiger partial charge in [0, 0.05) is 25.2 Å². The molecule has 128 valence electrons. The predicted octanol–water partition coefficient (Wildman–Crippen LogP) is 3.45. The Balaban J connectivity index is 1.30. The summed E-state index contributed by atoms with van der Waals surface area (Å²) in [6.45, 7) is 6.71. The summed E-state index contributed by atoms with van der Waals surface area (Å²) in [5, 5.41) is 10.3. The Morgan fingerprint density at radius 3 is 2.50 bits per heavy atom. The zero-order valence-corrected chi connectivity index (χ0v) is 14.5. The van der Waals surface area contributed by atoms with E-state index in [1.54, 1.807) is 0 Å². The number of likely N-dealkylation sites (tertiary alicyclic amines) is 1. The lowest BCUT2D eigenvalue weighted by atomic mass is 9.87. The molecular weight excluding hydrogens is 274 g/mol. The van der Waals surface area contributed by atoms with Gasteiger partial charge in [-0.15, -0.1) is 0 Å². The van der Waals surface area contributed by atoms with Crippen LogP contribution in [0, 0.1) is 17.8 Å². The van der Waals surface area contributed by atoms with Gasteiger partial charge in [0.05, 0.1) is 12.7 Å². The minimum absolute atomic E-state index is 0.331. The molecule has 0 unspecified atom stereocenters. The van der Waals surface area contributed by atoms with E-state index in [-0.39, 0.29) is 6.10 Å². The van der Waals surface area contributed by atoms with Crippen molar-refractivity contribution in [3.63, 3.8) is 0 Å². The number of hydrogen-bond donors (Lipinski definition) is 1. The van der Waals surface area contributed by atoms with Crippen molar-refractivity contribution in [1.29, 1.82) is 0 Å². The van der Waals surface area contributed by atoms with Gasteiger partial charge in [0.15, 0.2) is 0 Å². The summed E-state index contributed by atoms with van der Waals surface area (Å²) in [6, 6.07) is 1.21. The van der Waals surface area contributed by atoms with Crippen molar-refractivity contribution in [3.8, 4) is 0 Å². The molecule has 3 fully saturated rings. The van der Waals surface area contributed by atoms with Gasteiger partial charge in [0.2, 0.25) is 0 Å². The Bertz CT molecular complexity index is 338. The minimum atomic E-state index is -0.331. The van der Waals surface area contributed by atoms with Gasteiger partial charge in [-0.05, 0) is 70.1 Å². The molecular formula is C19H35NO2. The van der Waals surface area contributed by atoms with Crippen molar-refractivity contribution >= 4 is 0 Å². The van der Waals surface area contributed by atoms with E-state index in [0.717, 1.165) is 30.9 Å². The van der Waals surface area contributed by atoms with E-state index >= 15 is 0 Å². The van der Waals surface area contributed by atoms with Crippen molar-refractivity contribution in [1.82, 2.24) is 4.90 Å². The lowest BCUT2D eigenvalue weighted by Crippen LogP contribution is -2.48. The Labute approximate surface area is 136 Å². The molecule has 0 radical (unpaired) electrons. The van der Waals surface area contributed by atoms with Crippen LogP contribution in [0.15, 0.2) is 0 Å². The van der Waals surface area contributed by atoms with Gasteiger partial charge >= 0.3 is 0 Å². The van der Waals surface area contributed by atoms with Gasteiger partial charge in [-0.1, -0.05) is 12.8 Å². The second-order valence-corrected chi connectivity index (χ2v) is 8.28. The Kier molecular flexibility index (Phi) is 5.80. The van der Waals surface area contributed by atoms with Crippen molar-refractivity contribution in [2.75, 3.05) is 19.8 Å². The molecule has 3 rings (SSSR count). The number of β-amino-alcohol motifs (C(OH)–C–C–N with tert-alkyl or cyclic N) is 1. The van der Waals surface area contributed by atoms with Gasteiger partial charge in [0.1, 0.15) is 0 Å². The summed E-state index contributed by atoms with van der Waals surface area (Å²) in [4.78, 5) is 2.47. The number of piperidine rings is 1. The third kappa shape index (κ3) is 4.04. The first-order chi connectivity index (χ1) is 10.6. The molecule has 3 aliphatic rings. The zero-order chi connectivity index (χ0) is 15.5. The topological polar surface area (TPSA) is 32.7 Å². The highest BCUT2D eigenvalue weighted by molar-refractivity contribution is 4.89. The molecule has 0 amide bonds. The average Bonchev–Trinajstić information content (AvgIpc) is 3.10. The molecule has 1 heterocycles. The molecule has 0 aromatic carbocycles. The second-order valence-electron chi connectivity index (χ2n) is 8.28. The highest BCUT2D eigenvalue weighted by Crippen LogP contribution is 2.49. The lowest BCUT2D eigenvalue weighted by molar-refractivity contribution is -0.0123. The quantitative estimate of drug-likeness (QED) is 0.731. The Morgan fingerprint density at radius 2 is 1.86 bits per heavy atom. The molecule has 3 nitrogen and oxygen atoms in total. The Hall–Kier alpha value is -0.120. The van der Waals surface area contributed by atoms with Gasteiger partial charge in [-0.2, -0.15) is 0 Å². The maximum absolute atomic E-state index is 10.3. The number of hydrogen-bond acceptors (Lipinski definition) is 3. The van der Waals surface area contributed by atoms with Gasteiger partial charge < -0.3 is 9.84 Å². The van der Waals surface area contributed by atoms with Crippen LogP contribution in [-0.4, -0.2) is 48.0 Å². The van der Waals surface area contributed by atoms with Crippen LogP contribution in [0.25, 0.3) is 0 Å². The molecule has 3 heteroatoms. The fourth-order valence-corrected chi connectivity index (χ4v) is 5.31. The first-order valence-corrected chi connectivity index (χ1v) is 9.65. The summed E-state index contributed by atoms with van der Waals surface area (Å²) >= 11 is 0. The van der Waals surface area contributed by atoms with Crippen molar-refractivity contribution in [2.45, 2.75) is 83.4 Å². The van der Waals surface area contributed by atoms with Crippen LogP contribution in [-0.2, 0) is 4.74 Å². The van der Waals surface area contributed by atoms with Gasteiger partial charge in [-0.3, -0.25) is 4.90 Å². The van der Waals surface area contributed by atoms with Crippen LogP contribution < -0.4 is 0 Å². The highest BCUT2D eigenvalue weighted by Gasteiger charge is 2.38. The molecule has 0 aromatic heterocycles. The third-order valence-corrected chi connectivity index (χ3v) is 6.63. The fourth-order valence-electron chi connectivity index (χ4n) is 5.31. The van der Waals surface area contributed by atoms with Crippen LogP contribution in [0.3, 0.4) is 0 Å². The summed E-state index contributed by atoms with van der Waals surface area (Å²) < 4.78 is 5.80. The third-order valence-electron chi connectivity index (χ3n) is 6.63. The van der Waals surface area contributed by atoms with Crippen LogP contribution >= 0.6 is 0 Å². The molecule has 1 aliphatic heterocycles. The van der Waals surface area contributed by atoms with E-state index in [1.165, 1.54) is 51.4 Å². The van der Waals surface area contributed by atoms with Gasteiger partial charge in [-0.25, -0.2) is 0 Å². The van der Waals surface area contributed by atoms with E-state index in [9.17, 15) is 5.11 Å². The fraction of sp³-hybridized carbons (Fsp3) is 1.00. The van der Waals surface area contributed by atoms with Crippen molar-refractivity contribution in [3.05, 3.63) is 0 Å². The average molecular weight is 309 g/mol. The molecule has 22 heavy (non-hydrogen) atoms. The molecule has 1 N–H and O–H groups in total. The molecule has 1 saturated heterocycles. The summed E-state index contributed by atoms with van der Waals surface area (Å²) in [5.74, 6) is 2.94. The predicted molar refractivity (Wildman–Crippen MR) is 89.9 cm³/mol. The Morgan fingerprint density at radius 1 is 1.09 bits per heavy atom. The SMILES string of the molecule is C[C@@H]1CCC[C@H](C)N1C[C@H](O)COCC[C@H]1C[C@H]2CC[C@H]1C2. The van der Waals surface area contributed by atoms with E-state index in [4.69, 9.17) is 4.74 Å². The van der Waals surface area contributed by atoms with Crippen LogP contribution in [0.5, 0.6) is 0 Å². The molecule has 0 aromatic rings. The van der Waals surface area contributed by atoms with Crippen LogP contribution in [0.4, 0.5) is 0 Å². The maximum atomic E-state index is 10.3. The van der Waals surface area contributed by atoms with Crippen LogP contribution in [0.1, 0.15) is 65.2 Å².